The van der Waals surface area contributed by atoms with Crippen LogP contribution in [0.1, 0.15) is 29.0 Å². The van der Waals surface area contributed by atoms with Gasteiger partial charge in [0, 0.05) is 31.0 Å². The van der Waals surface area contributed by atoms with Crippen molar-refractivity contribution in [3.63, 3.8) is 0 Å². The Morgan fingerprint density at radius 1 is 1.23 bits per heavy atom. The summed E-state index contributed by atoms with van der Waals surface area (Å²) in [4.78, 5) is 23.3. The Kier molecular flexibility index (Phi) is 4.14. The van der Waals surface area contributed by atoms with Crippen LogP contribution >= 0.6 is 0 Å². The Bertz CT molecular complexity index is 884. The first-order chi connectivity index (χ1) is 12.7. The molecular formula is C18H18N6O2. The van der Waals surface area contributed by atoms with Gasteiger partial charge in [0.1, 0.15) is 11.6 Å². The fourth-order valence-electron chi connectivity index (χ4n) is 3.36. The van der Waals surface area contributed by atoms with Crippen molar-refractivity contribution in [3.05, 3.63) is 41.0 Å². The van der Waals surface area contributed by atoms with Gasteiger partial charge in [-0.3, -0.25) is 4.79 Å². The summed E-state index contributed by atoms with van der Waals surface area (Å²) in [5.74, 6) is 0.990. The van der Waals surface area contributed by atoms with E-state index >= 15 is 0 Å². The van der Waals surface area contributed by atoms with Crippen LogP contribution in [0.4, 0.5) is 17.6 Å². The highest BCUT2D eigenvalue weighted by Gasteiger charge is 2.31. The second-order valence-corrected chi connectivity index (χ2v) is 6.31. The molecule has 1 unspecified atom stereocenters. The zero-order valence-corrected chi connectivity index (χ0v) is 14.1. The van der Waals surface area contributed by atoms with E-state index < -0.39 is 0 Å². The van der Waals surface area contributed by atoms with Crippen LogP contribution in [-0.4, -0.2) is 42.2 Å². The van der Waals surface area contributed by atoms with E-state index in [0.29, 0.717) is 49.5 Å². The highest BCUT2D eigenvalue weighted by molar-refractivity contribution is 5.95. The summed E-state index contributed by atoms with van der Waals surface area (Å²) in [6.07, 6.45) is 0.267. The predicted octanol–water partition coefficient (Wildman–Crippen LogP) is 1.24. The molecule has 0 spiro atoms. The number of hydrogen-bond acceptors (Lipinski definition) is 7. The topological polar surface area (TPSA) is 117 Å². The first-order valence-corrected chi connectivity index (χ1v) is 8.45. The van der Waals surface area contributed by atoms with E-state index in [0.717, 1.165) is 11.1 Å². The van der Waals surface area contributed by atoms with Gasteiger partial charge in [0.25, 0.3) is 0 Å². The molecule has 0 bridgehead atoms. The number of aromatic nitrogens is 2. The zero-order chi connectivity index (χ0) is 18.1. The molecule has 1 aromatic heterocycles. The van der Waals surface area contributed by atoms with Gasteiger partial charge in [0.15, 0.2) is 0 Å². The smallest absolute Gasteiger partial charge is 0.229 e. The quantitative estimate of drug-likeness (QED) is 0.837. The molecule has 132 valence electrons. The minimum Gasteiger partial charge on any atom is -0.383 e. The molecule has 2 aliphatic heterocycles. The molecule has 8 nitrogen and oxygen atoms in total. The molecule has 3 N–H and O–H groups in total. The number of nitrogen functional groups attached to an aromatic ring is 1. The lowest BCUT2D eigenvalue weighted by molar-refractivity contribution is -0.116. The van der Waals surface area contributed by atoms with Crippen LogP contribution in [0.15, 0.2) is 24.3 Å². The highest BCUT2D eigenvalue weighted by atomic mass is 16.5. The van der Waals surface area contributed by atoms with Crippen molar-refractivity contribution in [2.24, 2.45) is 0 Å². The molecule has 0 saturated carbocycles. The van der Waals surface area contributed by atoms with Crippen molar-refractivity contribution >= 4 is 23.5 Å². The van der Waals surface area contributed by atoms with E-state index in [2.05, 4.69) is 21.4 Å². The van der Waals surface area contributed by atoms with Crippen molar-refractivity contribution < 1.29 is 9.53 Å². The largest absolute Gasteiger partial charge is 0.383 e. The number of rotatable bonds is 2. The number of fused-ring (bicyclic) bond motifs is 1. The maximum atomic E-state index is 12.2. The van der Waals surface area contributed by atoms with Crippen molar-refractivity contribution in [2.75, 3.05) is 42.3 Å². The van der Waals surface area contributed by atoms with Crippen molar-refractivity contribution in [1.29, 1.82) is 5.26 Å². The summed E-state index contributed by atoms with van der Waals surface area (Å²) < 4.78 is 5.35. The maximum absolute atomic E-state index is 12.2. The summed E-state index contributed by atoms with van der Waals surface area (Å²) in [5.41, 5.74) is 8.48. The minimum absolute atomic E-state index is 0.113. The molecule has 3 heterocycles. The minimum atomic E-state index is -0.231. The first kappa shape index (κ1) is 16.3. The van der Waals surface area contributed by atoms with Crippen LogP contribution in [0.25, 0.3) is 0 Å². The molecule has 0 aliphatic carbocycles. The van der Waals surface area contributed by atoms with Crippen LogP contribution in [0.2, 0.25) is 0 Å². The molecule has 4 rings (SSSR count). The summed E-state index contributed by atoms with van der Waals surface area (Å²) >= 11 is 0. The van der Waals surface area contributed by atoms with Gasteiger partial charge in [-0.15, -0.1) is 0 Å². The Morgan fingerprint density at radius 2 is 1.96 bits per heavy atom. The number of ether oxygens (including phenoxy) is 1. The van der Waals surface area contributed by atoms with Crippen molar-refractivity contribution in [1.82, 2.24) is 9.97 Å². The molecule has 8 heteroatoms. The number of nitrogens with two attached hydrogens (primary N) is 1. The Balaban J connectivity index is 1.74. The number of benzene rings is 1. The summed E-state index contributed by atoms with van der Waals surface area (Å²) in [5, 5.41) is 11.8. The van der Waals surface area contributed by atoms with E-state index in [9.17, 15) is 4.79 Å². The number of nitrogens with zero attached hydrogens (tertiary/aromatic N) is 4. The highest BCUT2D eigenvalue weighted by Crippen LogP contribution is 2.39. The van der Waals surface area contributed by atoms with Crippen LogP contribution in [-0.2, 0) is 9.53 Å². The van der Waals surface area contributed by atoms with Gasteiger partial charge in [-0.05, 0) is 17.7 Å². The third-order valence-electron chi connectivity index (χ3n) is 4.70. The standard InChI is InChI=1S/C18H18N6O2/c19-10-11-1-3-12(4-2-11)13-9-14(25)21-17-15(13)16(20)22-18(23-17)24-5-7-26-8-6-24/h1-4,13H,5-9H2,(H3,20,21,22,23,25). The van der Waals surface area contributed by atoms with Gasteiger partial charge in [-0.2, -0.15) is 15.2 Å². The molecule has 2 aliphatic rings. The lowest BCUT2D eigenvalue weighted by atomic mass is 9.86. The third kappa shape index (κ3) is 2.93. The SMILES string of the molecule is N#Cc1ccc(C2CC(=O)Nc3nc(N4CCOCC4)nc(N)c32)cc1. The fraction of sp³-hybridized carbons (Fsp3) is 0.333. The van der Waals surface area contributed by atoms with E-state index in [4.69, 9.17) is 15.7 Å². The maximum Gasteiger partial charge on any atom is 0.229 e. The number of nitrogens with one attached hydrogen (secondary N) is 1. The van der Waals surface area contributed by atoms with E-state index in [1.54, 1.807) is 12.1 Å². The second kappa shape index (κ2) is 6.61. The molecule has 1 saturated heterocycles. The number of anilines is 3. The summed E-state index contributed by atoms with van der Waals surface area (Å²) in [6.45, 7) is 2.59. The van der Waals surface area contributed by atoms with Crippen molar-refractivity contribution in [2.45, 2.75) is 12.3 Å². The monoisotopic (exact) mass is 350 g/mol. The molecule has 0 radical (unpaired) electrons. The van der Waals surface area contributed by atoms with E-state index in [1.807, 2.05) is 17.0 Å². The molecular weight excluding hydrogens is 332 g/mol. The molecule has 1 fully saturated rings. The predicted molar refractivity (Wildman–Crippen MR) is 95.7 cm³/mol. The van der Waals surface area contributed by atoms with E-state index in [1.165, 1.54) is 0 Å². The average molecular weight is 350 g/mol. The van der Waals surface area contributed by atoms with Crippen LogP contribution < -0.4 is 16.0 Å². The first-order valence-electron chi connectivity index (χ1n) is 8.45. The lowest BCUT2D eigenvalue weighted by Crippen LogP contribution is -2.38. The van der Waals surface area contributed by atoms with Crippen LogP contribution in [0, 0.1) is 11.3 Å². The Morgan fingerprint density at radius 3 is 2.65 bits per heavy atom. The summed E-state index contributed by atoms with van der Waals surface area (Å²) in [6, 6.07) is 9.27. The Labute approximate surface area is 150 Å². The van der Waals surface area contributed by atoms with E-state index in [-0.39, 0.29) is 18.2 Å². The van der Waals surface area contributed by atoms with Crippen LogP contribution in [0.5, 0.6) is 0 Å². The molecule has 2 aromatic rings. The van der Waals surface area contributed by atoms with Gasteiger partial charge in [-0.1, -0.05) is 12.1 Å². The van der Waals surface area contributed by atoms with Gasteiger partial charge < -0.3 is 20.7 Å². The van der Waals surface area contributed by atoms with Gasteiger partial charge in [0.2, 0.25) is 11.9 Å². The zero-order valence-electron chi connectivity index (χ0n) is 14.1. The van der Waals surface area contributed by atoms with Crippen LogP contribution in [0.3, 0.4) is 0 Å². The van der Waals surface area contributed by atoms with Gasteiger partial charge in [0.05, 0.1) is 24.8 Å². The average Bonchev–Trinajstić information content (AvgIpc) is 2.67. The fourth-order valence-corrected chi connectivity index (χ4v) is 3.36. The number of carbonyl (C=O) groups is 1. The molecule has 1 aromatic carbocycles. The number of amides is 1. The summed E-state index contributed by atoms with van der Waals surface area (Å²) in [7, 11) is 0. The number of nitriles is 1. The normalized spacial score (nSPS) is 19.4. The second-order valence-electron chi connectivity index (χ2n) is 6.31. The molecule has 26 heavy (non-hydrogen) atoms. The van der Waals surface area contributed by atoms with Gasteiger partial charge >= 0.3 is 0 Å². The molecule has 1 amide bonds. The number of morpholine rings is 1. The lowest BCUT2D eigenvalue weighted by Gasteiger charge is -2.30. The van der Waals surface area contributed by atoms with Crippen molar-refractivity contribution in [3.8, 4) is 6.07 Å². The Hall–Kier alpha value is -3.18. The molecule has 1 atom stereocenters. The number of carbonyl (C=O) groups excluding carboxylic acids is 1. The number of hydrogen-bond donors (Lipinski definition) is 2. The van der Waals surface area contributed by atoms with Gasteiger partial charge in [-0.25, -0.2) is 0 Å². The third-order valence-corrected chi connectivity index (χ3v) is 4.70.